The van der Waals surface area contributed by atoms with Crippen molar-refractivity contribution >= 4 is 13.7 Å². The molecule has 0 spiro atoms. The van der Waals surface area contributed by atoms with E-state index in [-0.39, 0.29) is 19.1 Å². The number of hydrogen-bond acceptors (Lipinski definition) is 5. The van der Waals surface area contributed by atoms with Crippen LogP contribution in [0.4, 0.5) is 0 Å². The van der Waals surface area contributed by atoms with Crippen molar-refractivity contribution in [3.63, 3.8) is 0 Å². The van der Waals surface area contributed by atoms with Gasteiger partial charge in [0.15, 0.2) is 0 Å². The standard InChI is InChI=1S/C60H117N2O6P/c1-6-8-10-12-14-16-18-20-22-23-24-25-26-27-28-29-30-31-32-33-34-35-36-37-38-40-42-44-46-48-50-52-54-60(64)61-58(57-68-69(65,66)67-56-55-62(3,4)5)59(63)53-51-49-47-45-43-41-39-21-19-17-15-13-11-9-7-2/h27-28,43,45,51,53,58-59,63H,6-26,29-42,44,46-50,52,54-57H2,1-5H3,(H-,61,64,65,66)/p+1/b28-27-,45-43+,53-51+. The third-order valence-corrected chi connectivity index (χ3v) is 14.6. The first-order valence-corrected chi connectivity index (χ1v) is 31.4. The highest BCUT2D eigenvalue weighted by molar-refractivity contribution is 7.47. The van der Waals surface area contributed by atoms with Crippen LogP contribution in [0.5, 0.6) is 0 Å². The van der Waals surface area contributed by atoms with Gasteiger partial charge in [-0.25, -0.2) is 4.57 Å². The molecule has 0 aliphatic heterocycles. The largest absolute Gasteiger partial charge is 0.472 e. The minimum atomic E-state index is -4.35. The van der Waals surface area contributed by atoms with Gasteiger partial charge in [-0.15, -0.1) is 0 Å². The Morgan fingerprint density at radius 3 is 1.16 bits per heavy atom. The van der Waals surface area contributed by atoms with Crippen molar-refractivity contribution < 1.29 is 32.9 Å². The first-order chi connectivity index (χ1) is 33.5. The molecule has 0 aromatic rings. The third kappa shape index (κ3) is 54.3. The molecule has 8 nitrogen and oxygen atoms in total. The molecule has 69 heavy (non-hydrogen) atoms. The van der Waals surface area contributed by atoms with E-state index in [1.165, 1.54) is 231 Å². The third-order valence-electron chi connectivity index (χ3n) is 13.6. The molecule has 0 aromatic carbocycles. The Morgan fingerprint density at radius 1 is 0.478 bits per heavy atom. The summed E-state index contributed by atoms with van der Waals surface area (Å²) in [7, 11) is 1.56. The van der Waals surface area contributed by atoms with Crippen LogP contribution >= 0.6 is 7.82 Å². The van der Waals surface area contributed by atoms with Crippen molar-refractivity contribution in [2.45, 2.75) is 302 Å². The van der Waals surface area contributed by atoms with Crippen molar-refractivity contribution in [1.82, 2.24) is 5.32 Å². The zero-order chi connectivity index (χ0) is 50.6. The average Bonchev–Trinajstić information content (AvgIpc) is 3.31. The van der Waals surface area contributed by atoms with E-state index in [4.69, 9.17) is 9.05 Å². The fraction of sp³-hybridized carbons (Fsp3) is 0.883. The molecule has 3 unspecified atom stereocenters. The van der Waals surface area contributed by atoms with Gasteiger partial charge < -0.3 is 19.8 Å². The number of phosphoric ester groups is 1. The normalized spacial score (nSPS) is 14.1. The molecule has 0 aliphatic rings. The van der Waals surface area contributed by atoms with Gasteiger partial charge in [0.25, 0.3) is 0 Å². The number of likely N-dealkylation sites (N-methyl/N-ethyl adjacent to an activating group) is 1. The Hall–Kier alpha value is -1.28. The van der Waals surface area contributed by atoms with Crippen LogP contribution < -0.4 is 5.32 Å². The summed E-state index contributed by atoms with van der Waals surface area (Å²) in [5.74, 6) is -0.183. The van der Waals surface area contributed by atoms with Crippen molar-refractivity contribution in [3.8, 4) is 0 Å². The number of nitrogens with one attached hydrogen (secondary N) is 1. The van der Waals surface area contributed by atoms with Gasteiger partial charge >= 0.3 is 7.82 Å². The SMILES string of the molecule is CCCCCCCCCCC/C=C/CC/C=C/C(O)C(COP(=O)(O)OCC[N+](C)(C)C)NC(=O)CCCCCCCCCCCCCCCCCC/C=C\CCCCCCCCCCCCCC. The van der Waals surface area contributed by atoms with Crippen molar-refractivity contribution in [2.75, 3.05) is 40.9 Å². The molecule has 0 saturated carbocycles. The number of nitrogens with zero attached hydrogens (tertiary/aromatic N) is 1. The summed E-state index contributed by atoms with van der Waals surface area (Å²) in [4.78, 5) is 23.3. The lowest BCUT2D eigenvalue weighted by Gasteiger charge is -2.25. The lowest BCUT2D eigenvalue weighted by atomic mass is 10.0. The maximum Gasteiger partial charge on any atom is 0.472 e. The highest BCUT2D eigenvalue weighted by Crippen LogP contribution is 2.43. The average molecular weight is 995 g/mol. The molecule has 3 atom stereocenters. The first kappa shape index (κ1) is 67.7. The zero-order valence-corrected chi connectivity index (χ0v) is 47.5. The van der Waals surface area contributed by atoms with E-state index in [0.717, 1.165) is 38.5 Å². The topological polar surface area (TPSA) is 105 Å². The van der Waals surface area contributed by atoms with E-state index in [9.17, 15) is 19.4 Å². The maximum absolute atomic E-state index is 13.0. The van der Waals surface area contributed by atoms with Crippen LogP contribution in [0.3, 0.4) is 0 Å². The molecule has 0 aliphatic carbocycles. The molecule has 3 N–H and O–H groups in total. The molecule has 9 heteroatoms. The van der Waals surface area contributed by atoms with E-state index in [0.29, 0.717) is 17.4 Å². The van der Waals surface area contributed by atoms with Gasteiger partial charge in [-0.3, -0.25) is 13.8 Å². The van der Waals surface area contributed by atoms with Crippen molar-refractivity contribution in [1.29, 1.82) is 0 Å². The summed E-state index contributed by atoms with van der Waals surface area (Å²) >= 11 is 0. The van der Waals surface area contributed by atoms with Crippen LogP contribution in [0.1, 0.15) is 290 Å². The van der Waals surface area contributed by atoms with E-state index in [1.807, 2.05) is 27.2 Å². The van der Waals surface area contributed by atoms with Gasteiger partial charge in [0, 0.05) is 6.42 Å². The molecular weight excluding hydrogens is 876 g/mol. The Kier molecular flexibility index (Phi) is 50.7. The van der Waals surface area contributed by atoms with Gasteiger partial charge in [0.1, 0.15) is 13.2 Å². The lowest BCUT2D eigenvalue weighted by Crippen LogP contribution is -2.45. The molecule has 0 heterocycles. The van der Waals surface area contributed by atoms with Crippen LogP contribution in [0.2, 0.25) is 0 Å². The summed E-state index contributed by atoms with van der Waals surface area (Å²) < 4.78 is 23.7. The van der Waals surface area contributed by atoms with Crippen LogP contribution in [0, 0.1) is 0 Å². The molecular formula is C60H118N2O6P+. The van der Waals surface area contributed by atoms with Crippen LogP contribution in [0.25, 0.3) is 0 Å². The van der Waals surface area contributed by atoms with Crippen molar-refractivity contribution in [3.05, 3.63) is 36.5 Å². The first-order valence-electron chi connectivity index (χ1n) is 29.9. The second-order valence-electron chi connectivity index (χ2n) is 21.7. The molecule has 1 amide bonds. The number of aliphatic hydroxyl groups excluding tert-OH is 1. The summed E-state index contributed by atoms with van der Waals surface area (Å²) in [6.07, 6.45) is 67.0. The lowest BCUT2D eigenvalue weighted by molar-refractivity contribution is -0.870. The monoisotopic (exact) mass is 994 g/mol. The number of phosphoric acid groups is 1. The van der Waals surface area contributed by atoms with E-state index >= 15 is 0 Å². The molecule has 0 aromatic heterocycles. The van der Waals surface area contributed by atoms with E-state index in [2.05, 4.69) is 43.5 Å². The smallest absolute Gasteiger partial charge is 0.387 e. The van der Waals surface area contributed by atoms with Gasteiger partial charge in [-0.05, 0) is 57.8 Å². The van der Waals surface area contributed by atoms with Crippen LogP contribution in [-0.2, 0) is 18.4 Å². The predicted molar refractivity (Wildman–Crippen MR) is 300 cm³/mol. The van der Waals surface area contributed by atoms with E-state index < -0.39 is 20.0 Å². The quantitative estimate of drug-likeness (QED) is 0.0243. The highest BCUT2D eigenvalue weighted by Gasteiger charge is 2.27. The Labute approximate surface area is 429 Å². The number of amides is 1. The van der Waals surface area contributed by atoms with Gasteiger partial charge in [0.05, 0.1) is 39.9 Å². The minimum Gasteiger partial charge on any atom is -0.387 e. The number of carbonyl (C=O) groups excluding carboxylic acids is 1. The van der Waals surface area contributed by atoms with Crippen LogP contribution in [0.15, 0.2) is 36.5 Å². The van der Waals surface area contributed by atoms with Gasteiger partial charge in [0.2, 0.25) is 5.91 Å². The Balaban J connectivity index is 4.05. The number of aliphatic hydroxyl groups is 1. The number of allylic oxidation sites excluding steroid dienone is 5. The number of hydrogen-bond donors (Lipinski definition) is 3. The maximum atomic E-state index is 13.0. The number of carbonyl (C=O) groups is 1. The molecule has 0 rings (SSSR count). The second kappa shape index (κ2) is 51.6. The molecule has 0 radical (unpaired) electrons. The summed E-state index contributed by atoms with van der Waals surface area (Å²) in [6.45, 7) is 4.82. The van der Waals surface area contributed by atoms with Gasteiger partial charge in [-0.2, -0.15) is 0 Å². The Morgan fingerprint density at radius 2 is 0.797 bits per heavy atom. The molecule has 0 saturated heterocycles. The summed E-state index contributed by atoms with van der Waals surface area (Å²) in [6, 6.07) is -0.861. The Bertz CT molecular complexity index is 1220. The second-order valence-corrected chi connectivity index (χ2v) is 23.2. The molecule has 408 valence electrons. The fourth-order valence-electron chi connectivity index (χ4n) is 8.88. The molecule has 0 fully saturated rings. The zero-order valence-electron chi connectivity index (χ0n) is 46.6. The number of quaternary nitrogens is 1. The minimum absolute atomic E-state index is 0.0573. The highest BCUT2D eigenvalue weighted by atomic mass is 31.2. The van der Waals surface area contributed by atoms with Gasteiger partial charge in [-0.1, -0.05) is 262 Å². The van der Waals surface area contributed by atoms with Crippen molar-refractivity contribution in [2.24, 2.45) is 0 Å². The number of rotatable bonds is 55. The molecule has 0 bridgehead atoms. The van der Waals surface area contributed by atoms with E-state index in [1.54, 1.807) is 6.08 Å². The summed E-state index contributed by atoms with van der Waals surface area (Å²) in [5, 5.41) is 13.9. The summed E-state index contributed by atoms with van der Waals surface area (Å²) in [5.41, 5.74) is 0. The predicted octanol–water partition coefficient (Wildman–Crippen LogP) is 18.2. The fourth-order valence-corrected chi connectivity index (χ4v) is 9.61. The van der Waals surface area contributed by atoms with Crippen LogP contribution in [-0.4, -0.2) is 73.4 Å². The number of unbranched alkanes of at least 4 members (excludes halogenated alkanes) is 38.